The summed E-state index contributed by atoms with van der Waals surface area (Å²) in [7, 11) is 0. The summed E-state index contributed by atoms with van der Waals surface area (Å²) in [6, 6.07) is 23.1. The molecule has 1 amide bonds. The lowest BCUT2D eigenvalue weighted by molar-refractivity contribution is -0.114. The predicted molar refractivity (Wildman–Crippen MR) is 144 cm³/mol. The van der Waals surface area contributed by atoms with Crippen LogP contribution >= 0.6 is 11.8 Å². The number of carbonyl (C=O) groups excluding carboxylic acids is 1. The third kappa shape index (κ3) is 5.08. The Bertz CT molecular complexity index is 1410. The standard InChI is InChI=1S/C28H24N4O3S/c1-18-7-11-21(12-8-18)27-31-32-25(29)23(26(33)30-28(32)36-27)17-20-9-13-22(14-10-20)34-15-16-35-24-6-4-3-5-19(24)2/h3-14,17,29H,15-16H2,1-2H3/b23-17-,29-25?. The first-order valence-electron chi connectivity index (χ1n) is 11.5. The van der Waals surface area contributed by atoms with Gasteiger partial charge in [0.1, 0.15) is 29.8 Å². The quantitative estimate of drug-likeness (QED) is 0.348. The van der Waals surface area contributed by atoms with E-state index >= 15 is 0 Å². The van der Waals surface area contributed by atoms with Crippen molar-refractivity contribution in [3.05, 3.63) is 101 Å². The molecule has 2 aliphatic rings. The van der Waals surface area contributed by atoms with Crippen molar-refractivity contribution < 1.29 is 14.3 Å². The normalized spacial score (nSPS) is 16.1. The molecule has 5 rings (SSSR count). The fraction of sp³-hybridized carbons (Fsp3) is 0.143. The van der Waals surface area contributed by atoms with Crippen LogP contribution in [0.3, 0.4) is 0 Å². The van der Waals surface area contributed by atoms with Gasteiger partial charge in [0.2, 0.25) is 5.17 Å². The van der Waals surface area contributed by atoms with E-state index in [4.69, 9.17) is 14.9 Å². The lowest BCUT2D eigenvalue weighted by Crippen LogP contribution is -2.35. The van der Waals surface area contributed by atoms with Gasteiger partial charge < -0.3 is 9.47 Å². The number of carbonyl (C=O) groups is 1. The number of amides is 1. The first-order chi connectivity index (χ1) is 17.5. The van der Waals surface area contributed by atoms with Gasteiger partial charge in [0.25, 0.3) is 5.91 Å². The number of ether oxygens (including phenoxy) is 2. The van der Waals surface area contributed by atoms with Gasteiger partial charge in [-0.25, -0.2) is 0 Å². The van der Waals surface area contributed by atoms with Crippen LogP contribution in [0.2, 0.25) is 0 Å². The van der Waals surface area contributed by atoms with E-state index in [-0.39, 0.29) is 11.4 Å². The second kappa shape index (κ2) is 10.2. The molecule has 0 bridgehead atoms. The Labute approximate surface area is 213 Å². The monoisotopic (exact) mass is 496 g/mol. The third-order valence-corrected chi connectivity index (χ3v) is 6.60. The molecule has 2 aliphatic heterocycles. The van der Waals surface area contributed by atoms with Gasteiger partial charge in [0, 0.05) is 5.56 Å². The van der Waals surface area contributed by atoms with Crippen LogP contribution < -0.4 is 9.47 Å². The molecule has 0 aliphatic carbocycles. The molecule has 8 heteroatoms. The fourth-order valence-corrected chi connectivity index (χ4v) is 4.56. The number of aliphatic imine (C=N–C) groups is 1. The molecule has 7 nitrogen and oxygen atoms in total. The molecule has 0 fully saturated rings. The summed E-state index contributed by atoms with van der Waals surface area (Å²) in [4.78, 5) is 16.9. The van der Waals surface area contributed by atoms with E-state index in [9.17, 15) is 4.79 Å². The number of fused-ring (bicyclic) bond motifs is 1. The molecule has 36 heavy (non-hydrogen) atoms. The van der Waals surface area contributed by atoms with E-state index in [1.807, 2.05) is 86.6 Å². The Hall–Kier alpha value is -4.17. The minimum absolute atomic E-state index is 0.00768. The number of nitrogens with one attached hydrogen (secondary N) is 1. The number of hydrogen-bond donors (Lipinski definition) is 1. The molecule has 0 atom stereocenters. The number of benzene rings is 3. The summed E-state index contributed by atoms with van der Waals surface area (Å²) in [6.45, 7) is 4.86. The number of nitrogens with zero attached hydrogens (tertiary/aromatic N) is 3. The van der Waals surface area contributed by atoms with Gasteiger partial charge >= 0.3 is 0 Å². The third-order valence-electron chi connectivity index (χ3n) is 5.65. The van der Waals surface area contributed by atoms with Crippen molar-refractivity contribution in [2.45, 2.75) is 13.8 Å². The maximum Gasteiger partial charge on any atom is 0.283 e. The van der Waals surface area contributed by atoms with Gasteiger partial charge in [0.05, 0.1) is 5.57 Å². The zero-order valence-electron chi connectivity index (χ0n) is 19.9. The van der Waals surface area contributed by atoms with Crippen molar-refractivity contribution in [1.82, 2.24) is 5.01 Å². The van der Waals surface area contributed by atoms with Crippen LogP contribution in [-0.2, 0) is 4.79 Å². The maximum absolute atomic E-state index is 12.7. The van der Waals surface area contributed by atoms with E-state index in [2.05, 4.69) is 10.1 Å². The Morgan fingerprint density at radius 1 is 0.944 bits per heavy atom. The van der Waals surface area contributed by atoms with Crippen LogP contribution in [0.1, 0.15) is 22.3 Å². The van der Waals surface area contributed by atoms with Crippen LogP contribution in [0.5, 0.6) is 11.5 Å². The Morgan fingerprint density at radius 2 is 1.67 bits per heavy atom. The van der Waals surface area contributed by atoms with Gasteiger partial charge in [-0.3, -0.25) is 10.2 Å². The smallest absolute Gasteiger partial charge is 0.283 e. The van der Waals surface area contributed by atoms with Gasteiger partial charge in [-0.05, 0) is 61.0 Å². The summed E-state index contributed by atoms with van der Waals surface area (Å²) in [5, 5.41) is 15.6. The average molecular weight is 497 g/mol. The maximum atomic E-state index is 12.7. The second-order valence-corrected chi connectivity index (χ2v) is 9.28. The van der Waals surface area contributed by atoms with Gasteiger partial charge in [-0.2, -0.15) is 15.1 Å². The van der Waals surface area contributed by atoms with Crippen molar-refractivity contribution in [3.63, 3.8) is 0 Å². The van der Waals surface area contributed by atoms with Crippen LogP contribution in [0.4, 0.5) is 0 Å². The van der Waals surface area contributed by atoms with Gasteiger partial charge in [0.15, 0.2) is 5.84 Å². The second-order valence-electron chi connectivity index (χ2n) is 8.32. The van der Waals surface area contributed by atoms with E-state index in [0.717, 1.165) is 28.0 Å². The van der Waals surface area contributed by atoms with Crippen molar-refractivity contribution in [1.29, 1.82) is 5.41 Å². The minimum Gasteiger partial charge on any atom is -0.490 e. The van der Waals surface area contributed by atoms with Crippen LogP contribution in [0.15, 0.2) is 88.5 Å². The first-order valence-corrected chi connectivity index (χ1v) is 12.3. The highest BCUT2D eigenvalue weighted by Crippen LogP contribution is 2.31. The summed E-state index contributed by atoms with van der Waals surface area (Å²) < 4.78 is 11.5. The molecule has 0 aromatic heterocycles. The number of hydrazone groups is 1. The topological polar surface area (TPSA) is 87.3 Å². The highest BCUT2D eigenvalue weighted by Gasteiger charge is 2.36. The molecule has 180 valence electrons. The van der Waals surface area contributed by atoms with Crippen LogP contribution in [0.25, 0.3) is 6.08 Å². The lowest BCUT2D eigenvalue weighted by atomic mass is 10.1. The lowest BCUT2D eigenvalue weighted by Gasteiger charge is -2.20. The fourth-order valence-electron chi connectivity index (χ4n) is 3.66. The molecule has 0 unspecified atom stereocenters. The number of para-hydroxylation sites is 1. The van der Waals surface area contributed by atoms with Crippen molar-refractivity contribution in [3.8, 4) is 11.5 Å². The van der Waals surface area contributed by atoms with Crippen LogP contribution in [0, 0.1) is 19.3 Å². The molecule has 2 heterocycles. The number of rotatable bonds is 7. The molecule has 3 aromatic carbocycles. The summed E-state index contributed by atoms with van der Waals surface area (Å²) in [6.07, 6.45) is 1.65. The van der Waals surface area contributed by atoms with Gasteiger partial charge in [-0.15, -0.1) is 0 Å². The summed E-state index contributed by atoms with van der Waals surface area (Å²) >= 11 is 1.29. The summed E-state index contributed by atoms with van der Waals surface area (Å²) in [5.41, 5.74) is 4.11. The van der Waals surface area contributed by atoms with E-state index in [1.165, 1.54) is 16.8 Å². The molecule has 0 spiro atoms. The molecule has 0 radical (unpaired) electrons. The highest BCUT2D eigenvalue weighted by molar-refractivity contribution is 8.27. The number of aryl methyl sites for hydroxylation is 2. The van der Waals surface area contributed by atoms with Crippen molar-refractivity contribution in [2.75, 3.05) is 13.2 Å². The molecule has 3 aromatic rings. The largest absolute Gasteiger partial charge is 0.490 e. The number of amidine groups is 2. The zero-order valence-corrected chi connectivity index (χ0v) is 20.7. The first kappa shape index (κ1) is 23.6. The highest BCUT2D eigenvalue weighted by atomic mass is 32.2. The van der Waals surface area contributed by atoms with Crippen molar-refractivity contribution >= 4 is 39.8 Å². The average Bonchev–Trinajstić information content (AvgIpc) is 3.31. The predicted octanol–water partition coefficient (Wildman–Crippen LogP) is 5.43. The van der Waals surface area contributed by atoms with E-state index in [0.29, 0.717) is 29.2 Å². The minimum atomic E-state index is -0.451. The Balaban J connectivity index is 1.23. The SMILES string of the molecule is Cc1ccc(C2=NN3C(=N)/C(=C/c4ccc(OCCOc5ccccc5C)cc4)C(=O)N=C3S2)cc1. The van der Waals surface area contributed by atoms with Gasteiger partial charge in [-0.1, -0.05) is 60.2 Å². The van der Waals surface area contributed by atoms with E-state index < -0.39 is 5.91 Å². The molecule has 1 N–H and O–H groups in total. The molecular formula is C28H24N4O3S. The molecular weight excluding hydrogens is 472 g/mol. The number of hydrogen-bond acceptors (Lipinski definition) is 6. The Morgan fingerprint density at radius 3 is 2.42 bits per heavy atom. The van der Waals surface area contributed by atoms with E-state index in [1.54, 1.807) is 6.08 Å². The number of thioether (sulfide) groups is 1. The zero-order chi connectivity index (χ0) is 25.1. The molecule has 0 saturated carbocycles. The van der Waals surface area contributed by atoms with Crippen LogP contribution in [-0.4, -0.2) is 40.2 Å². The van der Waals surface area contributed by atoms with Crippen molar-refractivity contribution in [2.24, 2.45) is 10.1 Å². The molecule has 0 saturated heterocycles. The Kier molecular flexibility index (Phi) is 6.69. The summed E-state index contributed by atoms with van der Waals surface area (Å²) in [5.74, 6) is 1.10.